The molecule has 1 aliphatic rings. The van der Waals surface area contributed by atoms with Crippen molar-refractivity contribution in [2.45, 2.75) is 19.0 Å². The van der Waals surface area contributed by atoms with Gasteiger partial charge in [0.1, 0.15) is 5.69 Å². The van der Waals surface area contributed by atoms with Gasteiger partial charge in [-0.25, -0.2) is 4.98 Å². The number of piperazine rings is 1. The number of hydrogen-bond donors (Lipinski definition) is 0. The van der Waals surface area contributed by atoms with Crippen LogP contribution >= 0.6 is 23.4 Å². The van der Waals surface area contributed by atoms with Gasteiger partial charge in [-0.15, -0.1) is 0 Å². The zero-order chi connectivity index (χ0) is 23.5. The Kier molecular flexibility index (Phi) is 6.90. The molecular weight excluding hydrogens is 462 g/mol. The molecule has 0 aliphatic carbocycles. The highest BCUT2D eigenvalue weighted by Gasteiger charge is 2.26. The van der Waals surface area contributed by atoms with E-state index in [9.17, 15) is 14.9 Å². The lowest BCUT2D eigenvalue weighted by molar-refractivity contribution is -0.384. The predicted octanol–water partition coefficient (Wildman–Crippen LogP) is 4.49. The average Bonchev–Trinajstić information content (AvgIpc) is 3.27. The summed E-state index contributed by atoms with van der Waals surface area (Å²) in [5, 5.41) is 12.5. The molecule has 2 heterocycles. The maximum atomic E-state index is 12.8. The number of rotatable bonds is 6. The van der Waals surface area contributed by atoms with Crippen molar-refractivity contribution in [2.24, 2.45) is 0 Å². The number of anilines is 1. The average molecular weight is 486 g/mol. The Bertz CT molecular complexity index is 1190. The van der Waals surface area contributed by atoms with Gasteiger partial charge in [-0.2, -0.15) is 0 Å². The molecule has 0 atom stereocenters. The lowest BCUT2D eigenvalue weighted by Crippen LogP contribution is -2.49. The third kappa shape index (κ3) is 5.15. The van der Waals surface area contributed by atoms with Crippen LogP contribution in [0.25, 0.3) is 5.69 Å². The van der Waals surface area contributed by atoms with E-state index in [4.69, 9.17) is 11.6 Å². The molecule has 1 fully saturated rings. The minimum absolute atomic E-state index is 0.0175. The molecule has 1 aliphatic heterocycles. The van der Waals surface area contributed by atoms with Crippen LogP contribution in [0.4, 0.5) is 11.4 Å². The number of aromatic nitrogens is 2. The van der Waals surface area contributed by atoms with Crippen molar-refractivity contribution in [1.29, 1.82) is 0 Å². The monoisotopic (exact) mass is 485 g/mol. The van der Waals surface area contributed by atoms with Crippen molar-refractivity contribution in [1.82, 2.24) is 14.5 Å². The second kappa shape index (κ2) is 9.84. The topological polar surface area (TPSA) is 84.5 Å². The molecule has 33 heavy (non-hydrogen) atoms. The number of hydrogen-bond acceptors (Lipinski definition) is 6. The number of nitro benzene ring substituents is 1. The van der Waals surface area contributed by atoms with E-state index < -0.39 is 4.92 Å². The number of benzene rings is 2. The minimum atomic E-state index is -0.423. The highest BCUT2D eigenvalue weighted by atomic mass is 35.5. The minimum Gasteiger partial charge on any atom is -0.362 e. The van der Waals surface area contributed by atoms with Crippen molar-refractivity contribution < 1.29 is 9.72 Å². The number of aryl methyl sites for hydroxylation is 2. The molecule has 1 aromatic heterocycles. The van der Waals surface area contributed by atoms with Gasteiger partial charge in [-0.3, -0.25) is 19.5 Å². The van der Waals surface area contributed by atoms with Gasteiger partial charge in [-0.05, 0) is 43.2 Å². The van der Waals surface area contributed by atoms with E-state index in [1.54, 1.807) is 23.2 Å². The molecule has 2 aromatic carbocycles. The van der Waals surface area contributed by atoms with E-state index in [0.29, 0.717) is 36.9 Å². The zero-order valence-corrected chi connectivity index (χ0v) is 20.0. The summed E-state index contributed by atoms with van der Waals surface area (Å²) >= 11 is 7.34. The molecule has 4 rings (SSSR count). The first-order valence-corrected chi connectivity index (χ1v) is 11.9. The fourth-order valence-corrected chi connectivity index (χ4v) is 4.92. The summed E-state index contributed by atoms with van der Waals surface area (Å²) in [7, 11) is 0. The van der Waals surface area contributed by atoms with Crippen LogP contribution in [-0.2, 0) is 4.79 Å². The highest BCUT2D eigenvalue weighted by Crippen LogP contribution is 2.32. The number of nitro groups is 1. The summed E-state index contributed by atoms with van der Waals surface area (Å²) in [6, 6.07) is 10.9. The summed E-state index contributed by atoms with van der Waals surface area (Å²) in [5.74, 6) is 0.309. The van der Waals surface area contributed by atoms with Crippen molar-refractivity contribution in [3.8, 4) is 5.69 Å². The van der Waals surface area contributed by atoms with Gasteiger partial charge < -0.3 is 9.80 Å². The quantitative estimate of drug-likeness (QED) is 0.290. The lowest BCUT2D eigenvalue weighted by Gasteiger charge is -2.35. The normalized spacial score (nSPS) is 13.9. The molecular formula is C23H24ClN5O3S. The number of thioether (sulfide) groups is 1. The van der Waals surface area contributed by atoms with Crippen LogP contribution in [0.15, 0.2) is 53.9 Å². The van der Waals surface area contributed by atoms with Crippen LogP contribution in [0.5, 0.6) is 0 Å². The van der Waals surface area contributed by atoms with Gasteiger partial charge in [0.2, 0.25) is 5.91 Å². The van der Waals surface area contributed by atoms with E-state index >= 15 is 0 Å². The van der Waals surface area contributed by atoms with Crippen LogP contribution in [0.2, 0.25) is 5.02 Å². The SMILES string of the molecule is Cc1ccc(C)c(-n2ccnc2SCC(=O)N2CCN(c3ccc(Cl)cc3[N+](=O)[O-])CC2)c1. The first-order valence-electron chi connectivity index (χ1n) is 10.5. The van der Waals surface area contributed by atoms with Gasteiger partial charge in [-0.1, -0.05) is 35.5 Å². The summed E-state index contributed by atoms with van der Waals surface area (Å²) in [4.78, 5) is 32.0. The van der Waals surface area contributed by atoms with Crippen molar-refractivity contribution in [3.63, 3.8) is 0 Å². The van der Waals surface area contributed by atoms with E-state index in [1.807, 2.05) is 15.7 Å². The number of halogens is 1. The van der Waals surface area contributed by atoms with E-state index in [1.165, 1.54) is 17.8 Å². The Morgan fingerprint density at radius 1 is 1.12 bits per heavy atom. The van der Waals surface area contributed by atoms with Gasteiger partial charge >= 0.3 is 0 Å². The molecule has 0 N–H and O–H groups in total. The molecule has 1 saturated heterocycles. The van der Waals surface area contributed by atoms with Crippen LogP contribution in [-0.4, -0.2) is 57.2 Å². The van der Waals surface area contributed by atoms with Crippen molar-refractivity contribution in [3.05, 3.63) is 75.1 Å². The maximum Gasteiger partial charge on any atom is 0.294 e. The fraction of sp³-hybridized carbons (Fsp3) is 0.304. The maximum absolute atomic E-state index is 12.8. The molecule has 0 saturated carbocycles. The predicted molar refractivity (Wildman–Crippen MR) is 131 cm³/mol. The van der Waals surface area contributed by atoms with Gasteiger partial charge in [0, 0.05) is 49.7 Å². The Morgan fingerprint density at radius 3 is 2.61 bits per heavy atom. The molecule has 0 bridgehead atoms. The Balaban J connectivity index is 1.37. The van der Waals surface area contributed by atoms with Crippen LogP contribution in [0, 0.1) is 24.0 Å². The number of nitrogens with zero attached hydrogens (tertiary/aromatic N) is 5. The number of carbonyl (C=O) groups is 1. The van der Waals surface area contributed by atoms with Gasteiger partial charge in [0.25, 0.3) is 5.69 Å². The summed E-state index contributed by atoms with van der Waals surface area (Å²) in [5.41, 5.74) is 3.87. The molecule has 0 spiro atoms. The molecule has 8 nitrogen and oxygen atoms in total. The molecule has 10 heteroatoms. The number of carbonyl (C=O) groups excluding carboxylic acids is 1. The number of imidazole rings is 1. The first-order chi connectivity index (χ1) is 15.8. The van der Waals surface area contributed by atoms with E-state index in [0.717, 1.165) is 22.0 Å². The van der Waals surface area contributed by atoms with E-state index in [-0.39, 0.29) is 17.3 Å². The van der Waals surface area contributed by atoms with Crippen molar-refractivity contribution in [2.75, 3.05) is 36.8 Å². The molecule has 172 valence electrons. The fourth-order valence-electron chi connectivity index (χ4n) is 3.88. The largest absolute Gasteiger partial charge is 0.362 e. The van der Waals surface area contributed by atoms with Crippen LogP contribution < -0.4 is 4.90 Å². The second-order valence-electron chi connectivity index (χ2n) is 7.92. The lowest BCUT2D eigenvalue weighted by atomic mass is 10.1. The van der Waals surface area contributed by atoms with Crippen LogP contribution in [0.1, 0.15) is 11.1 Å². The summed E-state index contributed by atoms with van der Waals surface area (Å²) in [6.07, 6.45) is 3.65. The zero-order valence-electron chi connectivity index (χ0n) is 18.4. The van der Waals surface area contributed by atoms with E-state index in [2.05, 4.69) is 37.0 Å². The summed E-state index contributed by atoms with van der Waals surface area (Å²) in [6.45, 7) is 6.16. The molecule has 1 amide bonds. The Hall–Kier alpha value is -3.04. The first kappa shape index (κ1) is 23.1. The van der Waals surface area contributed by atoms with Gasteiger partial charge in [0.05, 0.1) is 16.4 Å². The van der Waals surface area contributed by atoms with Crippen LogP contribution in [0.3, 0.4) is 0 Å². The van der Waals surface area contributed by atoms with Gasteiger partial charge in [0.15, 0.2) is 5.16 Å². The summed E-state index contributed by atoms with van der Waals surface area (Å²) < 4.78 is 2.01. The molecule has 3 aromatic rings. The molecule has 0 unspecified atom stereocenters. The second-order valence-corrected chi connectivity index (χ2v) is 9.30. The highest BCUT2D eigenvalue weighted by molar-refractivity contribution is 7.99. The Labute approximate surface area is 201 Å². The third-order valence-corrected chi connectivity index (χ3v) is 6.85. The van der Waals surface area contributed by atoms with Crippen molar-refractivity contribution >= 4 is 40.6 Å². The number of amides is 1. The molecule has 0 radical (unpaired) electrons. The Morgan fingerprint density at radius 2 is 1.88 bits per heavy atom. The standard InChI is InChI=1S/C23H24ClN5O3S/c1-16-3-4-17(2)20(13-16)28-8-7-25-23(28)33-15-22(30)27-11-9-26(10-12-27)19-6-5-18(24)14-21(19)29(31)32/h3-8,13-14H,9-12,15H2,1-2H3. The smallest absolute Gasteiger partial charge is 0.294 e. The third-order valence-electron chi connectivity index (χ3n) is 5.66.